The van der Waals surface area contributed by atoms with E-state index in [1.54, 1.807) is 6.07 Å². The largest absolute Gasteiger partial charge is 0.353 e. The lowest BCUT2D eigenvalue weighted by atomic mass is 10.3. The summed E-state index contributed by atoms with van der Waals surface area (Å²) in [6.07, 6.45) is 0.818. The van der Waals surface area contributed by atoms with E-state index in [4.69, 9.17) is 11.6 Å². The number of halogens is 1. The monoisotopic (exact) mass is 268 g/mol. The first kappa shape index (κ1) is 12.6. The van der Waals surface area contributed by atoms with E-state index in [2.05, 4.69) is 15.3 Å². The Balaban J connectivity index is 2.24. The van der Waals surface area contributed by atoms with Gasteiger partial charge in [0.05, 0.1) is 16.0 Å². The van der Waals surface area contributed by atoms with Crippen LogP contribution in [-0.4, -0.2) is 26.8 Å². The molecule has 2 rings (SSSR count). The highest BCUT2D eigenvalue weighted by Gasteiger charge is 2.10. The zero-order valence-electron chi connectivity index (χ0n) is 9.81. The van der Waals surface area contributed by atoms with Gasteiger partial charge >= 0.3 is 0 Å². The Hall–Kier alpha value is -1.82. The highest BCUT2D eigenvalue weighted by atomic mass is 35.5. The number of hydrogen-bond donors (Lipinski definition) is 2. The van der Waals surface area contributed by atoms with Gasteiger partial charge in [-0.05, 0) is 19.4 Å². The molecule has 0 saturated carbocycles. The van der Waals surface area contributed by atoms with Crippen molar-refractivity contribution in [3.63, 3.8) is 0 Å². The molecule has 0 saturated heterocycles. The third kappa shape index (κ3) is 2.70. The quantitative estimate of drug-likeness (QED) is 0.496. The number of nitro groups is 1. The second kappa shape index (κ2) is 5.22. The SMILES string of the molecule is CC(CCCl)Nc1nc2ccc([N+](=O)[O-])cc2[nH]1. The Morgan fingerprint density at radius 2 is 2.39 bits per heavy atom. The number of hydrogen-bond acceptors (Lipinski definition) is 4. The van der Waals surface area contributed by atoms with Crippen molar-refractivity contribution in [3.05, 3.63) is 28.3 Å². The third-order valence-electron chi connectivity index (χ3n) is 2.60. The van der Waals surface area contributed by atoms with Crippen molar-refractivity contribution in [3.8, 4) is 0 Å². The number of imidazole rings is 1. The summed E-state index contributed by atoms with van der Waals surface area (Å²) >= 11 is 5.65. The molecule has 0 aliphatic heterocycles. The first-order chi connectivity index (χ1) is 8.60. The number of aromatic amines is 1. The average molecular weight is 269 g/mol. The fraction of sp³-hybridized carbons (Fsp3) is 0.364. The molecule has 1 heterocycles. The molecule has 96 valence electrons. The van der Waals surface area contributed by atoms with Crippen LogP contribution in [-0.2, 0) is 0 Å². The Bertz CT molecular complexity index is 569. The van der Waals surface area contributed by atoms with E-state index < -0.39 is 4.92 Å². The molecule has 7 heteroatoms. The summed E-state index contributed by atoms with van der Waals surface area (Å²) in [7, 11) is 0. The number of fused-ring (bicyclic) bond motifs is 1. The smallest absolute Gasteiger partial charge is 0.271 e. The molecule has 18 heavy (non-hydrogen) atoms. The molecule has 1 aromatic heterocycles. The molecule has 1 unspecified atom stereocenters. The molecule has 1 aromatic carbocycles. The van der Waals surface area contributed by atoms with Crippen molar-refractivity contribution in [2.75, 3.05) is 11.2 Å². The zero-order valence-corrected chi connectivity index (χ0v) is 10.6. The van der Waals surface area contributed by atoms with Crippen LogP contribution in [0.2, 0.25) is 0 Å². The molecular weight excluding hydrogens is 256 g/mol. The highest BCUT2D eigenvalue weighted by molar-refractivity contribution is 6.17. The number of non-ortho nitro benzene ring substituents is 1. The average Bonchev–Trinajstić information content (AvgIpc) is 2.69. The zero-order chi connectivity index (χ0) is 13.1. The topological polar surface area (TPSA) is 83.8 Å². The number of anilines is 1. The van der Waals surface area contributed by atoms with Gasteiger partial charge in [-0.3, -0.25) is 10.1 Å². The number of H-pyrrole nitrogens is 1. The van der Waals surface area contributed by atoms with Crippen LogP contribution in [0.25, 0.3) is 11.0 Å². The normalized spacial score (nSPS) is 12.6. The summed E-state index contributed by atoms with van der Waals surface area (Å²) in [5, 5.41) is 13.8. The Labute approximate surface area is 109 Å². The summed E-state index contributed by atoms with van der Waals surface area (Å²) < 4.78 is 0. The summed E-state index contributed by atoms with van der Waals surface area (Å²) in [5.41, 5.74) is 1.39. The number of benzene rings is 1. The molecule has 0 amide bonds. The van der Waals surface area contributed by atoms with Crippen molar-refractivity contribution in [2.45, 2.75) is 19.4 Å². The van der Waals surface area contributed by atoms with Crippen molar-refractivity contribution in [1.82, 2.24) is 9.97 Å². The van der Waals surface area contributed by atoms with E-state index in [0.717, 1.165) is 6.42 Å². The van der Waals surface area contributed by atoms with Crippen LogP contribution in [0.3, 0.4) is 0 Å². The lowest BCUT2D eigenvalue weighted by Gasteiger charge is -2.10. The maximum atomic E-state index is 10.7. The predicted octanol–water partition coefficient (Wildman–Crippen LogP) is 2.90. The molecule has 2 aromatic rings. The molecule has 6 nitrogen and oxygen atoms in total. The number of nitrogens with one attached hydrogen (secondary N) is 2. The van der Waals surface area contributed by atoms with Gasteiger partial charge in [0.2, 0.25) is 5.95 Å². The molecule has 0 spiro atoms. The minimum atomic E-state index is -0.427. The van der Waals surface area contributed by atoms with Crippen LogP contribution in [0.1, 0.15) is 13.3 Å². The van der Waals surface area contributed by atoms with E-state index in [9.17, 15) is 10.1 Å². The van der Waals surface area contributed by atoms with Gasteiger partial charge in [-0.15, -0.1) is 11.6 Å². The lowest BCUT2D eigenvalue weighted by molar-refractivity contribution is -0.384. The summed E-state index contributed by atoms with van der Waals surface area (Å²) in [6.45, 7) is 2.00. The fourth-order valence-electron chi connectivity index (χ4n) is 1.65. The van der Waals surface area contributed by atoms with Gasteiger partial charge in [0.25, 0.3) is 5.69 Å². The van der Waals surface area contributed by atoms with Crippen LogP contribution < -0.4 is 5.32 Å². The van der Waals surface area contributed by atoms with Crippen molar-refractivity contribution in [2.24, 2.45) is 0 Å². The van der Waals surface area contributed by atoms with Gasteiger partial charge in [0.15, 0.2) is 0 Å². The lowest BCUT2D eigenvalue weighted by Crippen LogP contribution is -2.16. The first-order valence-electron chi connectivity index (χ1n) is 5.57. The predicted molar refractivity (Wildman–Crippen MR) is 71.2 cm³/mol. The number of aromatic nitrogens is 2. The third-order valence-corrected chi connectivity index (χ3v) is 2.82. The summed E-state index contributed by atoms with van der Waals surface area (Å²) in [6, 6.07) is 4.73. The van der Waals surface area contributed by atoms with E-state index in [-0.39, 0.29) is 11.7 Å². The Morgan fingerprint density at radius 3 is 3.06 bits per heavy atom. The summed E-state index contributed by atoms with van der Waals surface area (Å²) in [4.78, 5) is 17.5. The van der Waals surface area contributed by atoms with E-state index in [1.807, 2.05) is 6.92 Å². The molecule has 2 N–H and O–H groups in total. The van der Waals surface area contributed by atoms with Gasteiger partial charge < -0.3 is 10.3 Å². The standard InChI is InChI=1S/C11H13ClN4O2/c1-7(4-5-12)13-11-14-9-3-2-8(16(17)18)6-10(9)15-11/h2-3,6-7H,4-5H2,1H3,(H2,13,14,15). The molecular formula is C11H13ClN4O2. The molecule has 0 aliphatic carbocycles. The number of alkyl halides is 1. The van der Waals surface area contributed by atoms with Gasteiger partial charge in [0.1, 0.15) is 0 Å². The van der Waals surface area contributed by atoms with Crippen molar-refractivity contribution < 1.29 is 4.92 Å². The molecule has 0 bridgehead atoms. The van der Waals surface area contributed by atoms with Crippen LogP contribution in [0.15, 0.2) is 18.2 Å². The second-order valence-corrected chi connectivity index (χ2v) is 4.44. The molecule has 0 aliphatic rings. The van der Waals surface area contributed by atoms with E-state index >= 15 is 0 Å². The van der Waals surface area contributed by atoms with E-state index in [0.29, 0.717) is 22.9 Å². The molecule has 1 atom stereocenters. The Morgan fingerprint density at radius 1 is 1.61 bits per heavy atom. The number of nitro benzene ring substituents is 1. The van der Waals surface area contributed by atoms with Crippen LogP contribution in [0, 0.1) is 10.1 Å². The number of rotatable bonds is 5. The maximum absolute atomic E-state index is 10.7. The second-order valence-electron chi connectivity index (χ2n) is 4.07. The number of nitrogens with zero attached hydrogens (tertiary/aromatic N) is 2. The van der Waals surface area contributed by atoms with Gasteiger partial charge in [-0.25, -0.2) is 4.98 Å². The van der Waals surface area contributed by atoms with Gasteiger partial charge in [0, 0.05) is 24.1 Å². The van der Waals surface area contributed by atoms with Crippen LogP contribution >= 0.6 is 11.6 Å². The van der Waals surface area contributed by atoms with Gasteiger partial charge in [-0.1, -0.05) is 0 Å². The minimum Gasteiger partial charge on any atom is -0.353 e. The van der Waals surface area contributed by atoms with Crippen LogP contribution in [0.5, 0.6) is 0 Å². The van der Waals surface area contributed by atoms with Gasteiger partial charge in [-0.2, -0.15) is 0 Å². The molecule has 0 fully saturated rings. The van der Waals surface area contributed by atoms with Crippen molar-refractivity contribution >= 4 is 34.3 Å². The fourth-order valence-corrected chi connectivity index (χ4v) is 1.98. The van der Waals surface area contributed by atoms with Crippen LogP contribution in [0.4, 0.5) is 11.6 Å². The maximum Gasteiger partial charge on any atom is 0.271 e. The summed E-state index contributed by atoms with van der Waals surface area (Å²) in [5.74, 6) is 1.17. The highest BCUT2D eigenvalue weighted by Crippen LogP contribution is 2.20. The Kier molecular flexibility index (Phi) is 3.66. The van der Waals surface area contributed by atoms with Crippen molar-refractivity contribution in [1.29, 1.82) is 0 Å². The first-order valence-corrected chi connectivity index (χ1v) is 6.10. The minimum absolute atomic E-state index is 0.0477. The molecule has 0 radical (unpaired) electrons. The van der Waals surface area contributed by atoms with E-state index in [1.165, 1.54) is 12.1 Å².